The zero-order valence-corrected chi connectivity index (χ0v) is 10.2. The quantitative estimate of drug-likeness (QED) is 0.648. The molecule has 1 heterocycles. The first kappa shape index (κ1) is 14.1. The zero-order valence-electron chi connectivity index (χ0n) is 10.2. The molecular weight excluding hydrogens is 272 g/mol. The summed E-state index contributed by atoms with van der Waals surface area (Å²) in [5.41, 5.74) is 0.0269. The van der Waals surface area contributed by atoms with Crippen molar-refractivity contribution in [3.8, 4) is 0 Å². The number of hydrogen-bond acceptors (Lipinski definition) is 5. The number of para-hydroxylation sites is 1. The average molecular weight is 283 g/mol. The van der Waals surface area contributed by atoms with Crippen LogP contribution in [0, 0.1) is 10.1 Å². The highest BCUT2D eigenvalue weighted by molar-refractivity contribution is 5.95. The van der Waals surface area contributed by atoms with Crippen LogP contribution < -0.4 is 5.32 Å². The third-order valence-electron chi connectivity index (χ3n) is 2.71. The van der Waals surface area contributed by atoms with Crippen molar-refractivity contribution in [3.63, 3.8) is 0 Å². The summed E-state index contributed by atoms with van der Waals surface area (Å²) in [6.07, 6.45) is 1.02. The van der Waals surface area contributed by atoms with Gasteiger partial charge in [-0.05, 0) is 6.07 Å². The van der Waals surface area contributed by atoms with Gasteiger partial charge < -0.3 is 10.4 Å². The summed E-state index contributed by atoms with van der Waals surface area (Å²) in [4.78, 5) is 14.2. The van der Waals surface area contributed by atoms with Crippen LogP contribution in [0.5, 0.6) is 0 Å². The topological polar surface area (TPSA) is 88.3 Å². The molecule has 1 aromatic heterocycles. The molecule has 0 saturated heterocycles. The molecule has 2 aromatic rings. The van der Waals surface area contributed by atoms with Crippen molar-refractivity contribution >= 4 is 22.3 Å². The summed E-state index contributed by atoms with van der Waals surface area (Å²) in [7, 11) is 0. The predicted octanol–water partition coefficient (Wildman–Crippen LogP) is 2.18. The lowest BCUT2D eigenvalue weighted by molar-refractivity contribution is -0.384. The molecule has 0 unspecified atom stereocenters. The smallest absolute Gasteiger partial charge is 0.311 e. The van der Waals surface area contributed by atoms with Crippen LogP contribution in [-0.2, 0) is 0 Å². The predicted molar refractivity (Wildman–Crippen MR) is 68.9 cm³/mol. The van der Waals surface area contributed by atoms with Crippen LogP contribution in [-0.4, -0.2) is 34.1 Å². The van der Waals surface area contributed by atoms with Gasteiger partial charge in [0.2, 0.25) is 0 Å². The van der Waals surface area contributed by atoms with Gasteiger partial charge in [0, 0.05) is 5.39 Å². The number of alkyl halides is 2. The standard InChI is InChI=1S/C12H11F2N3O3/c13-12(14,7-18)6-16-11-8-3-1-2-4-9(8)15-5-10(11)17(19)20/h1-5,18H,6-7H2,(H,15,16). The molecule has 0 radical (unpaired) electrons. The normalized spacial score (nSPS) is 11.6. The molecule has 0 atom stereocenters. The molecule has 2 N–H and O–H groups in total. The second-order valence-electron chi connectivity index (χ2n) is 4.16. The fraction of sp³-hybridized carbons (Fsp3) is 0.250. The van der Waals surface area contributed by atoms with Crippen molar-refractivity contribution in [3.05, 3.63) is 40.6 Å². The molecule has 6 nitrogen and oxygen atoms in total. The number of nitrogens with one attached hydrogen (secondary N) is 1. The van der Waals surface area contributed by atoms with E-state index in [1.165, 1.54) is 0 Å². The van der Waals surface area contributed by atoms with Crippen molar-refractivity contribution in [1.82, 2.24) is 4.98 Å². The Bertz CT molecular complexity index is 649. The van der Waals surface area contributed by atoms with Crippen LogP contribution in [0.3, 0.4) is 0 Å². The van der Waals surface area contributed by atoms with Crippen molar-refractivity contribution in [2.24, 2.45) is 0 Å². The van der Waals surface area contributed by atoms with Crippen molar-refractivity contribution in [1.29, 1.82) is 0 Å². The molecule has 0 bridgehead atoms. The van der Waals surface area contributed by atoms with Crippen LogP contribution in [0.4, 0.5) is 20.2 Å². The third kappa shape index (κ3) is 2.80. The Morgan fingerprint density at radius 3 is 2.75 bits per heavy atom. The fourth-order valence-electron chi connectivity index (χ4n) is 1.73. The Labute approximate surface area is 112 Å². The van der Waals surface area contributed by atoms with Gasteiger partial charge >= 0.3 is 5.69 Å². The number of aromatic nitrogens is 1. The largest absolute Gasteiger partial charge is 0.390 e. The maximum atomic E-state index is 13.1. The number of benzene rings is 1. The Hall–Kier alpha value is -2.35. The van der Waals surface area contributed by atoms with Gasteiger partial charge in [-0.2, -0.15) is 0 Å². The van der Waals surface area contributed by atoms with E-state index in [4.69, 9.17) is 5.11 Å². The number of rotatable bonds is 5. The molecule has 0 aliphatic carbocycles. The lowest BCUT2D eigenvalue weighted by Gasteiger charge is -2.16. The lowest BCUT2D eigenvalue weighted by Crippen LogP contribution is -2.31. The number of nitro groups is 1. The molecular formula is C12H11F2N3O3. The molecule has 0 saturated carbocycles. The zero-order chi connectivity index (χ0) is 14.8. The number of aliphatic hydroxyl groups excluding tert-OH is 1. The van der Waals surface area contributed by atoms with Crippen LogP contribution in [0.15, 0.2) is 30.5 Å². The Morgan fingerprint density at radius 1 is 1.40 bits per heavy atom. The maximum absolute atomic E-state index is 13.1. The summed E-state index contributed by atoms with van der Waals surface area (Å²) in [5, 5.41) is 22.2. The van der Waals surface area contributed by atoms with E-state index in [9.17, 15) is 18.9 Å². The molecule has 0 fully saturated rings. The van der Waals surface area contributed by atoms with E-state index >= 15 is 0 Å². The first-order valence-corrected chi connectivity index (χ1v) is 5.69. The Kier molecular flexibility index (Phi) is 3.75. The Morgan fingerprint density at radius 2 is 2.10 bits per heavy atom. The van der Waals surface area contributed by atoms with Gasteiger partial charge in [-0.1, -0.05) is 18.2 Å². The second-order valence-corrected chi connectivity index (χ2v) is 4.16. The van der Waals surface area contributed by atoms with Crippen LogP contribution in [0.1, 0.15) is 0 Å². The maximum Gasteiger partial charge on any atom is 0.311 e. The molecule has 20 heavy (non-hydrogen) atoms. The average Bonchev–Trinajstić information content (AvgIpc) is 2.44. The molecule has 0 aliphatic rings. The summed E-state index contributed by atoms with van der Waals surface area (Å²) in [5.74, 6) is -3.36. The number of nitrogens with zero attached hydrogens (tertiary/aromatic N) is 2. The molecule has 2 rings (SSSR count). The molecule has 106 valence electrons. The molecule has 0 aliphatic heterocycles. The summed E-state index contributed by atoms with van der Waals surface area (Å²) in [6.45, 7) is -2.24. The number of aliphatic hydroxyl groups is 1. The first-order chi connectivity index (χ1) is 9.44. The lowest BCUT2D eigenvalue weighted by atomic mass is 10.1. The van der Waals surface area contributed by atoms with Gasteiger partial charge in [0.15, 0.2) is 0 Å². The van der Waals surface area contributed by atoms with Gasteiger partial charge in [0.05, 0.1) is 17.0 Å². The molecule has 1 aromatic carbocycles. The van der Waals surface area contributed by atoms with Crippen molar-refractivity contribution in [2.75, 3.05) is 18.5 Å². The van der Waals surface area contributed by atoms with E-state index in [1.54, 1.807) is 24.3 Å². The van der Waals surface area contributed by atoms with E-state index in [0.717, 1.165) is 6.20 Å². The summed E-state index contributed by atoms with van der Waals surface area (Å²) < 4.78 is 26.1. The van der Waals surface area contributed by atoms with Gasteiger partial charge in [-0.15, -0.1) is 0 Å². The van der Waals surface area contributed by atoms with E-state index in [0.29, 0.717) is 10.9 Å². The van der Waals surface area contributed by atoms with Crippen LogP contribution in [0.25, 0.3) is 10.9 Å². The van der Waals surface area contributed by atoms with Gasteiger partial charge in [-0.3, -0.25) is 10.1 Å². The van der Waals surface area contributed by atoms with Crippen LogP contribution in [0.2, 0.25) is 0 Å². The highest BCUT2D eigenvalue weighted by atomic mass is 19.3. The molecule has 0 amide bonds. The molecule has 0 spiro atoms. The van der Waals surface area contributed by atoms with E-state index < -0.39 is 29.7 Å². The first-order valence-electron chi connectivity index (χ1n) is 5.69. The van der Waals surface area contributed by atoms with Crippen molar-refractivity contribution in [2.45, 2.75) is 5.92 Å². The van der Waals surface area contributed by atoms with Gasteiger partial charge in [0.1, 0.15) is 18.5 Å². The van der Waals surface area contributed by atoms with E-state index in [-0.39, 0.29) is 5.69 Å². The summed E-state index contributed by atoms with van der Waals surface area (Å²) >= 11 is 0. The number of hydrogen-bond donors (Lipinski definition) is 2. The highest BCUT2D eigenvalue weighted by Crippen LogP contribution is 2.32. The van der Waals surface area contributed by atoms with Gasteiger partial charge in [-0.25, -0.2) is 13.8 Å². The fourth-order valence-corrected chi connectivity index (χ4v) is 1.73. The third-order valence-corrected chi connectivity index (χ3v) is 2.71. The Balaban J connectivity index is 2.47. The highest BCUT2D eigenvalue weighted by Gasteiger charge is 2.29. The monoisotopic (exact) mass is 283 g/mol. The molecule has 8 heteroatoms. The number of pyridine rings is 1. The van der Waals surface area contributed by atoms with Crippen molar-refractivity contribution < 1.29 is 18.8 Å². The van der Waals surface area contributed by atoms with Crippen LogP contribution >= 0.6 is 0 Å². The number of anilines is 1. The number of fused-ring (bicyclic) bond motifs is 1. The van der Waals surface area contributed by atoms with E-state index in [2.05, 4.69) is 10.3 Å². The SMILES string of the molecule is O=[N+]([O-])c1cnc2ccccc2c1NCC(F)(F)CO. The minimum Gasteiger partial charge on any atom is -0.390 e. The second kappa shape index (κ2) is 5.33. The number of halogens is 2. The minimum absolute atomic E-state index is 0.0336. The summed E-state index contributed by atoms with van der Waals surface area (Å²) in [6, 6.07) is 6.49. The van der Waals surface area contributed by atoms with Gasteiger partial charge in [0.25, 0.3) is 5.92 Å². The minimum atomic E-state index is -3.36. The van der Waals surface area contributed by atoms with E-state index in [1.807, 2.05) is 0 Å².